The van der Waals surface area contributed by atoms with Crippen molar-refractivity contribution in [2.45, 2.75) is 96.3 Å². The summed E-state index contributed by atoms with van der Waals surface area (Å²) in [5.74, 6) is -3.04. The molecule has 2 N–H and O–H groups in total. The molecule has 0 aromatic rings. The summed E-state index contributed by atoms with van der Waals surface area (Å²) in [6.07, 6.45) is 6.45. The number of hydrogen-bond acceptors (Lipinski definition) is 8. The smallest absolute Gasteiger partial charge is 0.307 e. The van der Waals surface area contributed by atoms with E-state index >= 15 is 0 Å². The highest BCUT2D eigenvalue weighted by Gasteiger charge is 2.61. The summed E-state index contributed by atoms with van der Waals surface area (Å²) in [6, 6.07) is -0.959. The molecule has 0 aromatic carbocycles. The van der Waals surface area contributed by atoms with Crippen molar-refractivity contribution in [3.05, 3.63) is 12.2 Å². The molecular weight excluding hydrogens is 526 g/mol. The Balaban J connectivity index is 1.88. The monoisotopic (exact) mass is 569 g/mol. The fourth-order valence-corrected chi connectivity index (χ4v) is 6.07. The molecule has 0 unspecified atom stereocenters. The van der Waals surface area contributed by atoms with Crippen molar-refractivity contribution >= 4 is 33.8 Å². The number of ether oxygens (including phenoxy) is 1. The molecule has 3 rings (SSSR count). The van der Waals surface area contributed by atoms with Crippen LogP contribution in [0.5, 0.6) is 0 Å². The summed E-state index contributed by atoms with van der Waals surface area (Å²) in [6.45, 7) is 5.22. The number of carbonyl (C=O) groups is 4. The van der Waals surface area contributed by atoms with Gasteiger partial charge in [0.05, 0.1) is 24.0 Å². The van der Waals surface area contributed by atoms with Crippen molar-refractivity contribution in [3.63, 3.8) is 0 Å². The normalized spacial score (nSPS) is 31.5. The van der Waals surface area contributed by atoms with Gasteiger partial charge in [-0.25, -0.2) is 4.72 Å². The van der Waals surface area contributed by atoms with Gasteiger partial charge >= 0.3 is 16.2 Å². The van der Waals surface area contributed by atoms with Gasteiger partial charge in [0.25, 0.3) is 0 Å². The maximum absolute atomic E-state index is 13.7. The molecule has 0 spiro atoms. The quantitative estimate of drug-likeness (QED) is 0.375. The van der Waals surface area contributed by atoms with Crippen LogP contribution < -0.4 is 4.72 Å². The highest BCUT2D eigenvalue weighted by molar-refractivity contribution is 7.87. The first kappa shape index (κ1) is 31.2. The van der Waals surface area contributed by atoms with Gasteiger partial charge in [-0.2, -0.15) is 12.7 Å². The predicted octanol–water partition coefficient (Wildman–Crippen LogP) is 1.70. The number of amides is 2. The first-order valence-electron chi connectivity index (χ1n) is 13.7. The number of ketones is 1. The molecule has 1 saturated heterocycles. The van der Waals surface area contributed by atoms with Gasteiger partial charge in [-0.1, -0.05) is 25.0 Å². The van der Waals surface area contributed by atoms with Crippen molar-refractivity contribution in [3.8, 4) is 0 Å². The molecule has 2 fully saturated rings. The Labute approximate surface area is 231 Å². The van der Waals surface area contributed by atoms with Crippen LogP contribution in [0.25, 0.3) is 0 Å². The lowest BCUT2D eigenvalue weighted by atomic mass is 9.90. The van der Waals surface area contributed by atoms with Crippen LogP contribution in [0, 0.1) is 17.3 Å². The molecule has 2 aliphatic heterocycles. The average molecular weight is 570 g/mol. The molecule has 2 heterocycles. The summed E-state index contributed by atoms with van der Waals surface area (Å²) in [4.78, 5) is 54.5. The molecular formula is C27H43N3O8S. The van der Waals surface area contributed by atoms with Gasteiger partial charge < -0.3 is 14.7 Å². The van der Waals surface area contributed by atoms with E-state index in [0.29, 0.717) is 19.3 Å². The molecule has 11 nitrogen and oxygen atoms in total. The zero-order valence-electron chi connectivity index (χ0n) is 23.6. The molecule has 220 valence electrons. The van der Waals surface area contributed by atoms with Crippen molar-refractivity contribution in [1.82, 2.24) is 13.9 Å². The van der Waals surface area contributed by atoms with E-state index in [1.807, 2.05) is 12.2 Å². The lowest BCUT2D eigenvalue weighted by molar-refractivity contribution is -0.159. The van der Waals surface area contributed by atoms with Gasteiger partial charge in [-0.15, -0.1) is 0 Å². The fraction of sp³-hybridized carbons (Fsp3) is 0.778. The van der Waals surface area contributed by atoms with Crippen molar-refractivity contribution < 1.29 is 37.4 Å². The number of aliphatic hydroxyl groups excluding tert-OH is 1. The molecule has 0 radical (unpaired) electrons. The summed E-state index contributed by atoms with van der Waals surface area (Å²) in [5, 5.41) is 10.4. The summed E-state index contributed by atoms with van der Waals surface area (Å²) in [5.41, 5.74) is -1.95. The van der Waals surface area contributed by atoms with Crippen molar-refractivity contribution in [2.75, 3.05) is 20.6 Å². The van der Waals surface area contributed by atoms with Crippen LogP contribution in [-0.4, -0.2) is 84.7 Å². The lowest BCUT2D eigenvalue weighted by Gasteiger charge is -2.29. The van der Waals surface area contributed by atoms with Crippen LogP contribution >= 0.6 is 0 Å². The average Bonchev–Trinajstić information content (AvgIpc) is 3.35. The first-order valence-corrected chi connectivity index (χ1v) is 15.1. The number of hydrogen-bond donors (Lipinski definition) is 2. The molecule has 1 saturated carbocycles. The minimum Gasteiger partial charge on any atom is -0.460 e. The van der Waals surface area contributed by atoms with Crippen LogP contribution in [0.15, 0.2) is 12.2 Å². The molecule has 3 aliphatic rings. The maximum atomic E-state index is 13.7. The highest BCUT2D eigenvalue weighted by Crippen LogP contribution is 2.57. The second-order valence-electron chi connectivity index (χ2n) is 12.3. The van der Waals surface area contributed by atoms with Crippen molar-refractivity contribution in [1.29, 1.82) is 0 Å². The summed E-state index contributed by atoms with van der Waals surface area (Å²) < 4.78 is 33.2. The number of carbonyl (C=O) groups excluding carboxylic acids is 4. The Morgan fingerprint density at radius 3 is 2.54 bits per heavy atom. The molecule has 12 heteroatoms. The number of fused-ring (bicyclic) bond motifs is 2. The molecule has 5 atom stereocenters. The van der Waals surface area contributed by atoms with Gasteiger partial charge in [0.1, 0.15) is 5.60 Å². The Morgan fingerprint density at radius 2 is 1.90 bits per heavy atom. The summed E-state index contributed by atoms with van der Waals surface area (Å²) in [7, 11) is -1.45. The fourth-order valence-electron chi connectivity index (χ4n) is 5.45. The lowest BCUT2D eigenvalue weighted by Crippen LogP contribution is -2.47. The number of nitrogens with one attached hydrogen (secondary N) is 1. The van der Waals surface area contributed by atoms with E-state index in [1.165, 1.54) is 19.0 Å². The van der Waals surface area contributed by atoms with Crippen LogP contribution in [0.4, 0.5) is 0 Å². The number of allylic oxidation sites excluding steroid dienone is 2. The second-order valence-corrected chi connectivity index (χ2v) is 14.2. The predicted molar refractivity (Wildman–Crippen MR) is 143 cm³/mol. The second kappa shape index (κ2) is 12.1. The molecule has 39 heavy (non-hydrogen) atoms. The topological polar surface area (TPSA) is 150 Å². The van der Waals surface area contributed by atoms with Gasteiger partial charge in [0.15, 0.2) is 5.78 Å². The number of esters is 1. The maximum Gasteiger partial charge on any atom is 0.307 e. The van der Waals surface area contributed by atoms with E-state index < -0.39 is 56.9 Å². The number of aliphatic hydroxyl groups is 1. The summed E-state index contributed by atoms with van der Waals surface area (Å²) >= 11 is 0. The van der Waals surface area contributed by atoms with Gasteiger partial charge in [0.2, 0.25) is 11.8 Å². The number of nitrogens with zero attached hydrogens (tertiary/aromatic N) is 2. The van der Waals surface area contributed by atoms with Crippen LogP contribution in [0.3, 0.4) is 0 Å². The third-order valence-electron chi connectivity index (χ3n) is 7.69. The molecule has 0 bridgehead atoms. The zero-order valence-corrected chi connectivity index (χ0v) is 24.5. The van der Waals surface area contributed by atoms with Gasteiger partial charge in [-0.3, -0.25) is 19.2 Å². The Morgan fingerprint density at radius 1 is 1.21 bits per heavy atom. The van der Waals surface area contributed by atoms with E-state index in [1.54, 1.807) is 20.8 Å². The zero-order chi connectivity index (χ0) is 29.2. The van der Waals surface area contributed by atoms with Crippen LogP contribution in [-0.2, 0) is 34.1 Å². The number of rotatable bonds is 5. The minimum absolute atomic E-state index is 0.0257. The largest absolute Gasteiger partial charge is 0.460 e. The molecule has 1 aliphatic carbocycles. The van der Waals surface area contributed by atoms with E-state index in [-0.39, 0.29) is 37.6 Å². The Hall–Kier alpha value is -2.31. The SMILES string of the molecule is CN(C)S(=O)(=O)NC(=O)[C@]12CC(=O)[C@@H]3C[C@@H](O)CN3C(=O)[C@@H](CC(=O)OC(C)(C)C)CCCCC/C=C\[C@@H]1C2. The Bertz CT molecular complexity index is 1100. The van der Waals surface area contributed by atoms with E-state index in [2.05, 4.69) is 4.72 Å². The standard InChI is InChI=1S/C27H43N3O8S/c1-26(2,3)38-23(33)13-18-11-9-7-6-8-10-12-19-15-27(19,25(35)28-39(36,37)29(4)5)16-22(32)21-14-20(31)17-30(21)24(18)34/h10,12,18-21,31H,6-9,11,13-17H2,1-5H3,(H,28,35)/b12-10-/t18-,19-,20-,21+,27-/m1/s1. The molecule has 0 aromatic heterocycles. The van der Waals surface area contributed by atoms with Crippen molar-refractivity contribution in [2.24, 2.45) is 17.3 Å². The van der Waals surface area contributed by atoms with Gasteiger partial charge in [0, 0.05) is 39.4 Å². The third-order valence-corrected chi connectivity index (χ3v) is 9.09. The molecule has 2 amide bonds. The van der Waals surface area contributed by atoms with Crippen LogP contribution in [0.2, 0.25) is 0 Å². The minimum atomic E-state index is -4.06. The Kier molecular flexibility index (Phi) is 9.65. The third kappa shape index (κ3) is 7.88. The van der Waals surface area contributed by atoms with Gasteiger partial charge in [-0.05, 0) is 52.4 Å². The van der Waals surface area contributed by atoms with Crippen LogP contribution in [0.1, 0.15) is 78.6 Å². The van der Waals surface area contributed by atoms with E-state index in [4.69, 9.17) is 4.74 Å². The highest BCUT2D eigenvalue weighted by atomic mass is 32.2. The first-order chi connectivity index (χ1) is 18.1. The number of Topliss-reactive ketones (excluding diaryl/α,β-unsaturated/α-hetero) is 1. The van der Waals surface area contributed by atoms with E-state index in [9.17, 15) is 32.7 Å². The van der Waals surface area contributed by atoms with E-state index in [0.717, 1.165) is 23.6 Å².